The molecule has 0 aliphatic carbocycles. The first-order valence-electron chi connectivity index (χ1n) is 4.80. The van der Waals surface area contributed by atoms with Crippen LogP contribution < -0.4 is 9.47 Å². The molecule has 3 heteroatoms. The highest BCUT2D eigenvalue weighted by atomic mass is 16.7. The fraction of sp³-hybridized carbons (Fsp3) is 0.455. The van der Waals surface area contributed by atoms with E-state index in [-0.39, 0.29) is 6.79 Å². The van der Waals surface area contributed by atoms with Gasteiger partial charge in [0.15, 0.2) is 6.79 Å². The van der Waals surface area contributed by atoms with Crippen molar-refractivity contribution in [3.05, 3.63) is 24.3 Å². The molecule has 0 saturated heterocycles. The summed E-state index contributed by atoms with van der Waals surface area (Å²) in [7, 11) is 0. The smallest absolute Gasteiger partial charge is 0.189 e. The number of rotatable bonds is 6. The molecule has 0 bridgehead atoms. The third-order valence-corrected chi connectivity index (χ3v) is 1.63. The maximum Gasteiger partial charge on any atom is 0.189 e. The van der Waals surface area contributed by atoms with E-state index in [1.807, 2.05) is 38.1 Å². The molecule has 1 aromatic carbocycles. The van der Waals surface area contributed by atoms with Gasteiger partial charge in [-0.1, -0.05) is 6.07 Å². The second-order valence-corrected chi connectivity index (χ2v) is 2.66. The Morgan fingerprint density at radius 2 is 1.71 bits per heavy atom. The third kappa shape index (κ3) is 3.66. The van der Waals surface area contributed by atoms with Crippen molar-refractivity contribution in [2.24, 2.45) is 0 Å². The zero-order valence-corrected chi connectivity index (χ0v) is 8.66. The van der Waals surface area contributed by atoms with Crippen LogP contribution in [0, 0.1) is 0 Å². The summed E-state index contributed by atoms with van der Waals surface area (Å²) in [5.41, 5.74) is 0. The van der Waals surface area contributed by atoms with Gasteiger partial charge in [0.2, 0.25) is 0 Å². The first kappa shape index (κ1) is 10.9. The highest BCUT2D eigenvalue weighted by molar-refractivity contribution is 5.32. The van der Waals surface area contributed by atoms with Crippen molar-refractivity contribution in [3.8, 4) is 11.5 Å². The summed E-state index contributed by atoms with van der Waals surface area (Å²) in [6, 6.07) is 7.52. The molecule has 3 nitrogen and oxygen atoms in total. The molecule has 1 aromatic rings. The van der Waals surface area contributed by atoms with Crippen molar-refractivity contribution in [1.29, 1.82) is 0 Å². The first-order valence-corrected chi connectivity index (χ1v) is 4.80. The SMILES string of the molecule is CCOCOc1cccc(OCC)c1. The van der Waals surface area contributed by atoms with Crippen LogP contribution in [-0.2, 0) is 4.74 Å². The average molecular weight is 196 g/mol. The molecular formula is C11H16O3. The molecule has 0 heterocycles. The first-order chi connectivity index (χ1) is 6.86. The van der Waals surface area contributed by atoms with Crippen LogP contribution in [0.5, 0.6) is 11.5 Å². The van der Waals surface area contributed by atoms with Crippen LogP contribution in [0.4, 0.5) is 0 Å². The van der Waals surface area contributed by atoms with Gasteiger partial charge in [0.25, 0.3) is 0 Å². The van der Waals surface area contributed by atoms with Crippen molar-refractivity contribution in [2.45, 2.75) is 13.8 Å². The third-order valence-electron chi connectivity index (χ3n) is 1.63. The van der Waals surface area contributed by atoms with Crippen molar-refractivity contribution >= 4 is 0 Å². The molecule has 0 aliphatic heterocycles. The maximum atomic E-state index is 5.33. The molecule has 0 amide bonds. The molecular weight excluding hydrogens is 180 g/mol. The average Bonchev–Trinajstić information content (AvgIpc) is 2.19. The number of ether oxygens (including phenoxy) is 3. The van der Waals surface area contributed by atoms with E-state index in [1.165, 1.54) is 0 Å². The van der Waals surface area contributed by atoms with Gasteiger partial charge in [-0.2, -0.15) is 0 Å². The van der Waals surface area contributed by atoms with Crippen LogP contribution in [0.3, 0.4) is 0 Å². The van der Waals surface area contributed by atoms with Gasteiger partial charge < -0.3 is 14.2 Å². The van der Waals surface area contributed by atoms with Gasteiger partial charge in [-0.25, -0.2) is 0 Å². The van der Waals surface area contributed by atoms with Gasteiger partial charge in [-0.3, -0.25) is 0 Å². The van der Waals surface area contributed by atoms with Gasteiger partial charge in [-0.15, -0.1) is 0 Å². The van der Waals surface area contributed by atoms with E-state index < -0.39 is 0 Å². The zero-order valence-electron chi connectivity index (χ0n) is 8.66. The quantitative estimate of drug-likeness (QED) is 0.516. The Kier molecular flexibility index (Phi) is 4.86. The van der Waals surface area contributed by atoms with Crippen molar-refractivity contribution in [1.82, 2.24) is 0 Å². The minimum Gasteiger partial charge on any atom is -0.494 e. The second-order valence-electron chi connectivity index (χ2n) is 2.66. The van der Waals surface area contributed by atoms with E-state index in [0.29, 0.717) is 13.2 Å². The van der Waals surface area contributed by atoms with E-state index in [2.05, 4.69) is 0 Å². The molecule has 78 valence electrons. The van der Waals surface area contributed by atoms with Gasteiger partial charge in [0.05, 0.1) is 6.61 Å². The fourth-order valence-electron chi connectivity index (χ4n) is 1.01. The molecule has 0 aliphatic rings. The lowest BCUT2D eigenvalue weighted by atomic mass is 10.3. The van der Waals surface area contributed by atoms with Crippen molar-refractivity contribution in [2.75, 3.05) is 20.0 Å². The lowest BCUT2D eigenvalue weighted by Crippen LogP contribution is -2.02. The van der Waals surface area contributed by atoms with E-state index in [4.69, 9.17) is 14.2 Å². The van der Waals surface area contributed by atoms with Crippen LogP contribution >= 0.6 is 0 Å². The Bertz CT molecular complexity index is 260. The molecule has 0 N–H and O–H groups in total. The molecule has 1 rings (SSSR count). The summed E-state index contributed by atoms with van der Waals surface area (Å²) in [4.78, 5) is 0. The van der Waals surface area contributed by atoms with Crippen LogP contribution in [0.1, 0.15) is 13.8 Å². The predicted molar refractivity (Wildman–Crippen MR) is 54.7 cm³/mol. The van der Waals surface area contributed by atoms with Crippen LogP contribution in [-0.4, -0.2) is 20.0 Å². The minimum absolute atomic E-state index is 0.284. The topological polar surface area (TPSA) is 27.7 Å². The summed E-state index contributed by atoms with van der Waals surface area (Å²) in [5.74, 6) is 1.59. The molecule has 0 fully saturated rings. The summed E-state index contributed by atoms with van der Waals surface area (Å²) in [5, 5.41) is 0. The molecule has 0 atom stereocenters. The highest BCUT2D eigenvalue weighted by Gasteiger charge is 1.96. The summed E-state index contributed by atoms with van der Waals surface area (Å²) < 4.78 is 15.7. The lowest BCUT2D eigenvalue weighted by molar-refractivity contribution is 0.0223. The normalized spacial score (nSPS) is 9.86. The Hall–Kier alpha value is -1.22. The Balaban J connectivity index is 2.46. The van der Waals surface area contributed by atoms with Crippen LogP contribution in [0.25, 0.3) is 0 Å². The molecule has 0 radical (unpaired) electrons. The largest absolute Gasteiger partial charge is 0.494 e. The Labute approximate surface area is 84.6 Å². The standard InChI is InChI=1S/C11H16O3/c1-3-12-9-14-11-7-5-6-10(8-11)13-4-2/h5-8H,3-4,9H2,1-2H3. The maximum absolute atomic E-state index is 5.33. The number of benzene rings is 1. The van der Waals surface area contributed by atoms with Gasteiger partial charge >= 0.3 is 0 Å². The highest BCUT2D eigenvalue weighted by Crippen LogP contribution is 2.19. The van der Waals surface area contributed by atoms with Crippen molar-refractivity contribution < 1.29 is 14.2 Å². The summed E-state index contributed by atoms with van der Waals surface area (Å²) in [6.07, 6.45) is 0. The van der Waals surface area contributed by atoms with Gasteiger partial charge in [0, 0.05) is 12.7 Å². The van der Waals surface area contributed by atoms with E-state index in [9.17, 15) is 0 Å². The second kappa shape index (κ2) is 6.27. The molecule has 0 aromatic heterocycles. The summed E-state index contributed by atoms with van der Waals surface area (Å²) in [6.45, 7) is 5.49. The van der Waals surface area contributed by atoms with Gasteiger partial charge in [-0.05, 0) is 26.0 Å². The molecule has 0 spiro atoms. The minimum atomic E-state index is 0.284. The molecule has 14 heavy (non-hydrogen) atoms. The number of hydrogen-bond acceptors (Lipinski definition) is 3. The predicted octanol–water partition coefficient (Wildman–Crippen LogP) is 2.46. The van der Waals surface area contributed by atoms with E-state index in [1.54, 1.807) is 0 Å². The Morgan fingerprint density at radius 3 is 2.36 bits per heavy atom. The number of hydrogen-bond donors (Lipinski definition) is 0. The lowest BCUT2D eigenvalue weighted by Gasteiger charge is -2.07. The Morgan fingerprint density at radius 1 is 1.00 bits per heavy atom. The van der Waals surface area contributed by atoms with Crippen LogP contribution in [0.2, 0.25) is 0 Å². The fourth-order valence-corrected chi connectivity index (χ4v) is 1.01. The molecule has 0 saturated carbocycles. The van der Waals surface area contributed by atoms with E-state index >= 15 is 0 Å². The van der Waals surface area contributed by atoms with E-state index in [0.717, 1.165) is 11.5 Å². The van der Waals surface area contributed by atoms with Crippen LogP contribution in [0.15, 0.2) is 24.3 Å². The summed E-state index contributed by atoms with van der Waals surface area (Å²) >= 11 is 0. The molecule has 0 unspecified atom stereocenters. The zero-order chi connectivity index (χ0) is 10.2. The monoisotopic (exact) mass is 196 g/mol. The van der Waals surface area contributed by atoms with Crippen molar-refractivity contribution in [3.63, 3.8) is 0 Å². The van der Waals surface area contributed by atoms with Gasteiger partial charge in [0.1, 0.15) is 11.5 Å².